The summed E-state index contributed by atoms with van der Waals surface area (Å²) in [5.74, 6) is 0. The van der Waals surface area contributed by atoms with Crippen LogP contribution in [0, 0.1) is 0 Å². The van der Waals surface area contributed by atoms with Gasteiger partial charge in [-0.1, -0.05) is 6.07 Å². The van der Waals surface area contributed by atoms with Gasteiger partial charge in [-0.3, -0.25) is 4.98 Å². The van der Waals surface area contributed by atoms with E-state index in [1.54, 1.807) is 11.3 Å². The van der Waals surface area contributed by atoms with E-state index >= 15 is 0 Å². The van der Waals surface area contributed by atoms with Gasteiger partial charge >= 0.3 is 0 Å². The van der Waals surface area contributed by atoms with E-state index in [0.717, 1.165) is 17.2 Å². The summed E-state index contributed by atoms with van der Waals surface area (Å²) in [5, 5.41) is 6.48. The number of nitrogens with zero attached hydrogens (tertiary/aromatic N) is 2. The Kier molecular flexibility index (Phi) is 3.42. The maximum absolute atomic E-state index is 4.30. The monoisotopic (exact) mass is 219 g/mol. The van der Waals surface area contributed by atoms with Crippen molar-refractivity contribution in [1.82, 2.24) is 15.3 Å². The number of hydrogen-bond acceptors (Lipinski definition) is 4. The van der Waals surface area contributed by atoms with Gasteiger partial charge in [0.15, 0.2) is 0 Å². The molecule has 0 saturated carbocycles. The molecule has 0 aliphatic rings. The average Bonchev–Trinajstić information content (AvgIpc) is 2.80. The molecular formula is C11H13N3S. The van der Waals surface area contributed by atoms with Gasteiger partial charge in [0.1, 0.15) is 5.01 Å². The third-order valence-electron chi connectivity index (χ3n) is 2.17. The molecule has 0 amide bonds. The molecule has 1 N–H and O–H groups in total. The zero-order valence-corrected chi connectivity index (χ0v) is 9.37. The molecule has 0 aliphatic carbocycles. The molecule has 0 aliphatic heterocycles. The van der Waals surface area contributed by atoms with Crippen LogP contribution >= 0.6 is 11.3 Å². The van der Waals surface area contributed by atoms with Crippen LogP contribution in [-0.4, -0.2) is 9.97 Å². The van der Waals surface area contributed by atoms with Gasteiger partial charge in [0.25, 0.3) is 0 Å². The second-order valence-corrected chi connectivity index (χ2v) is 4.26. The first-order valence-corrected chi connectivity index (χ1v) is 5.77. The van der Waals surface area contributed by atoms with E-state index in [1.165, 1.54) is 0 Å². The second kappa shape index (κ2) is 5.00. The maximum Gasteiger partial charge on any atom is 0.106 e. The van der Waals surface area contributed by atoms with E-state index in [0.29, 0.717) is 0 Å². The summed E-state index contributed by atoms with van der Waals surface area (Å²) in [5.41, 5.74) is 1.06. The molecule has 78 valence electrons. The number of thiazole rings is 1. The number of rotatable bonds is 4. The van der Waals surface area contributed by atoms with Crippen LogP contribution in [0.1, 0.15) is 23.7 Å². The topological polar surface area (TPSA) is 37.8 Å². The highest BCUT2D eigenvalue weighted by atomic mass is 32.1. The lowest BCUT2D eigenvalue weighted by atomic mass is 10.2. The molecule has 1 atom stereocenters. The average molecular weight is 219 g/mol. The Morgan fingerprint density at radius 2 is 2.27 bits per heavy atom. The van der Waals surface area contributed by atoms with Gasteiger partial charge in [0.2, 0.25) is 0 Å². The molecule has 2 aromatic heterocycles. The lowest BCUT2D eigenvalue weighted by molar-refractivity contribution is 0.560. The van der Waals surface area contributed by atoms with Gasteiger partial charge in [-0.15, -0.1) is 11.3 Å². The van der Waals surface area contributed by atoms with Crippen molar-refractivity contribution in [2.24, 2.45) is 0 Å². The predicted molar refractivity (Wildman–Crippen MR) is 61.6 cm³/mol. The number of pyridine rings is 1. The summed E-state index contributed by atoms with van der Waals surface area (Å²) >= 11 is 1.67. The maximum atomic E-state index is 4.30. The number of aromatic nitrogens is 2. The van der Waals surface area contributed by atoms with Crippen molar-refractivity contribution in [1.29, 1.82) is 0 Å². The van der Waals surface area contributed by atoms with E-state index in [2.05, 4.69) is 22.2 Å². The smallest absolute Gasteiger partial charge is 0.106 e. The summed E-state index contributed by atoms with van der Waals surface area (Å²) in [6.45, 7) is 2.91. The lowest BCUT2D eigenvalue weighted by Gasteiger charge is -2.11. The van der Waals surface area contributed by atoms with E-state index in [-0.39, 0.29) is 6.04 Å². The second-order valence-electron chi connectivity index (χ2n) is 3.28. The van der Waals surface area contributed by atoms with Crippen LogP contribution in [0.4, 0.5) is 0 Å². The van der Waals surface area contributed by atoms with Gasteiger partial charge in [0.05, 0.1) is 5.69 Å². The van der Waals surface area contributed by atoms with Gasteiger partial charge < -0.3 is 5.32 Å². The van der Waals surface area contributed by atoms with Crippen LogP contribution in [-0.2, 0) is 6.54 Å². The largest absolute Gasteiger partial charge is 0.302 e. The van der Waals surface area contributed by atoms with Crippen molar-refractivity contribution in [2.45, 2.75) is 19.5 Å². The standard InChI is InChI=1S/C11H13N3S/c1-9(10-4-2-3-5-12-10)14-8-11-13-6-7-15-11/h2-7,9,14H,8H2,1H3. The van der Waals surface area contributed by atoms with Gasteiger partial charge in [-0.2, -0.15) is 0 Å². The molecule has 4 heteroatoms. The summed E-state index contributed by atoms with van der Waals surface area (Å²) in [7, 11) is 0. The fourth-order valence-electron chi connectivity index (χ4n) is 1.32. The van der Waals surface area contributed by atoms with Gasteiger partial charge in [0, 0.05) is 30.4 Å². The quantitative estimate of drug-likeness (QED) is 0.858. The molecule has 0 bridgehead atoms. The first kappa shape index (κ1) is 10.3. The van der Waals surface area contributed by atoms with Gasteiger partial charge in [-0.05, 0) is 19.1 Å². The van der Waals surface area contributed by atoms with E-state index < -0.39 is 0 Å². The Bertz CT molecular complexity index is 385. The SMILES string of the molecule is CC(NCc1nccs1)c1ccccn1. The molecule has 0 spiro atoms. The molecule has 3 nitrogen and oxygen atoms in total. The summed E-state index contributed by atoms with van der Waals surface area (Å²) in [4.78, 5) is 8.52. The van der Waals surface area contributed by atoms with Crippen LogP contribution in [0.15, 0.2) is 36.0 Å². The highest BCUT2D eigenvalue weighted by molar-refractivity contribution is 7.09. The highest BCUT2D eigenvalue weighted by Crippen LogP contribution is 2.10. The molecule has 0 saturated heterocycles. The highest BCUT2D eigenvalue weighted by Gasteiger charge is 2.05. The Labute approximate surface area is 93.2 Å². The molecular weight excluding hydrogens is 206 g/mol. The normalized spacial score (nSPS) is 12.6. The molecule has 0 fully saturated rings. The molecule has 0 aromatic carbocycles. The molecule has 2 rings (SSSR count). The Hall–Kier alpha value is -1.26. The zero-order chi connectivity index (χ0) is 10.5. The van der Waals surface area contributed by atoms with E-state index in [9.17, 15) is 0 Å². The van der Waals surface area contributed by atoms with Crippen LogP contribution in [0.2, 0.25) is 0 Å². The first-order chi connectivity index (χ1) is 7.36. The third-order valence-corrected chi connectivity index (χ3v) is 2.95. The molecule has 2 aromatic rings. The predicted octanol–water partition coefficient (Wildman–Crippen LogP) is 2.39. The molecule has 2 heterocycles. The van der Waals surface area contributed by atoms with Crippen LogP contribution in [0.5, 0.6) is 0 Å². The van der Waals surface area contributed by atoms with Gasteiger partial charge in [-0.25, -0.2) is 4.98 Å². The lowest BCUT2D eigenvalue weighted by Crippen LogP contribution is -2.18. The van der Waals surface area contributed by atoms with Crippen molar-refractivity contribution in [3.8, 4) is 0 Å². The van der Waals surface area contributed by atoms with E-state index in [1.807, 2.05) is 36.0 Å². The van der Waals surface area contributed by atoms with Crippen molar-refractivity contribution in [3.63, 3.8) is 0 Å². The zero-order valence-electron chi connectivity index (χ0n) is 8.55. The van der Waals surface area contributed by atoms with Crippen molar-refractivity contribution < 1.29 is 0 Å². The fourth-order valence-corrected chi connectivity index (χ4v) is 1.88. The van der Waals surface area contributed by atoms with Crippen molar-refractivity contribution >= 4 is 11.3 Å². The minimum absolute atomic E-state index is 0.259. The van der Waals surface area contributed by atoms with Crippen LogP contribution in [0.3, 0.4) is 0 Å². The third kappa shape index (κ3) is 2.84. The summed E-state index contributed by atoms with van der Waals surface area (Å²) in [6, 6.07) is 6.22. The van der Waals surface area contributed by atoms with Crippen molar-refractivity contribution in [3.05, 3.63) is 46.7 Å². The number of hydrogen-bond donors (Lipinski definition) is 1. The molecule has 15 heavy (non-hydrogen) atoms. The van der Waals surface area contributed by atoms with Crippen molar-refractivity contribution in [2.75, 3.05) is 0 Å². The Morgan fingerprint density at radius 1 is 1.33 bits per heavy atom. The molecule has 1 unspecified atom stereocenters. The minimum Gasteiger partial charge on any atom is -0.302 e. The fraction of sp³-hybridized carbons (Fsp3) is 0.273. The Balaban J connectivity index is 1.90. The van der Waals surface area contributed by atoms with Crippen LogP contribution < -0.4 is 5.32 Å². The number of nitrogens with one attached hydrogen (secondary N) is 1. The summed E-state index contributed by atoms with van der Waals surface area (Å²) in [6.07, 6.45) is 3.64. The van der Waals surface area contributed by atoms with E-state index in [4.69, 9.17) is 0 Å². The van der Waals surface area contributed by atoms with Crippen LogP contribution in [0.25, 0.3) is 0 Å². The molecule has 0 radical (unpaired) electrons. The minimum atomic E-state index is 0.259. The summed E-state index contributed by atoms with van der Waals surface area (Å²) < 4.78 is 0. The Morgan fingerprint density at radius 3 is 2.93 bits per heavy atom. The first-order valence-electron chi connectivity index (χ1n) is 4.89.